The van der Waals surface area contributed by atoms with E-state index in [0.717, 1.165) is 0 Å². The van der Waals surface area contributed by atoms with E-state index in [4.69, 9.17) is 63.0 Å². The summed E-state index contributed by atoms with van der Waals surface area (Å²) in [4.78, 5) is 12.1. The van der Waals surface area contributed by atoms with Crippen LogP contribution >= 0.6 is 58.6 Å². The highest BCUT2D eigenvalue weighted by Crippen LogP contribution is 2.34. The number of anilines is 1. The van der Waals surface area contributed by atoms with E-state index in [0.29, 0.717) is 42.9 Å². The molecular weight excluding hydrogens is 474 g/mol. The Kier molecular flexibility index (Phi) is 7.22. The van der Waals surface area contributed by atoms with Gasteiger partial charge in [0.2, 0.25) is 5.91 Å². The quantitative estimate of drug-likeness (QED) is 0.306. The van der Waals surface area contributed by atoms with Gasteiger partial charge in [0.1, 0.15) is 11.5 Å². The van der Waals surface area contributed by atoms with Crippen LogP contribution < -0.4 is 10.6 Å². The average Bonchev–Trinajstić information content (AvgIpc) is 3.14. The summed E-state index contributed by atoms with van der Waals surface area (Å²) in [5.74, 6) is 0.574. The van der Waals surface area contributed by atoms with Gasteiger partial charge in [0.25, 0.3) is 0 Å². The molecule has 3 aromatic rings. The monoisotopic (exact) mass is 484 g/mol. The highest BCUT2D eigenvalue weighted by Gasteiger charge is 2.10. The summed E-state index contributed by atoms with van der Waals surface area (Å²) in [5, 5.41) is 7.12. The molecule has 9 heteroatoms. The van der Waals surface area contributed by atoms with Crippen molar-refractivity contribution in [2.75, 3.05) is 5.32 Å². The molecule has 0 fully saturated rings. The molecule has 1 heterocycles. The molecule has 0 aliphatic carbocycles. The van der Waals surface area contributed by atoms with Gasteiger partial charge in [0.05, 0.1) is 20.1 Å². The Balaban J connectivity index is 1.60. The first-order valence-electron chi connectivity index (χ1n) is 8.13. The van der Waals surface area contributed by atoms with Crippen LogP contribution in [0.25, 0.3) is 17.4 Å². The van der Waals surface area contributed by atoms with Gasteiger partial charge < -0.3 is 9.73 Å². The summed E-state index contributed by atoms with van der Waals surface area (Å²) < 4.78 is 5.70. The van der Waals surface area contributed by atoms with Crippen LogP contribution in [0.2, 0.25) is 20.1 Å². The maximum absolute atomic E-state index is 12.1. The molecule has 3 rings (SSSR count). The zero-order valence-electron chi connectivity index (χ0n) is 14.5. The molecule has 2 aromatic carbocycles. The van der Waals surface area contributed by atoms with Crippen molar-refractivity contribution in [3.8, 4) is 11.3 Å². The third-order valence-corrected chi connectivity index (χ3v) is 5.42. The lowest BCUT2D eigenvalue weighted by Gasteiger charge is -2.08. The van der Waals surface area contributed by atoms with Crippen molar-refractivity contribution in [2.45, 2.75) is 0 Å². The fourth-order valence-electron chi connectivity index (χ4n) is 2.33. The van der Waals surface area contributed by atoms with Gasteiger partial charge in [0, 0.05) is 17.3 Å². The van der Waals surface area contributed by atoms with Crippen molar-refractivity contribution in [1.29, 1.82) is 0 Å². The molecular formula is C20H12Cl4N2O2S. The van der Waals surface area contributed by atoms with Crippen molar-refractivity contribution in [1.82, 2.24) is 5.32 Å². The Hall–Kier alpha value is -2.02. The minimum absolute atomic E-state index is 0.115. The van der Waals surface area contributed by atoms with Gasteiger partial charge in [-0.25, -0.2) is 0 Å². The second-order valence-electron chi connectivity index (χ2n) is 5.71. The molecule has 0 bridgehead atoms. The van der Waals surface area contributed by atoms with E-state index in [2.05, 4.69) is 10.6 Å². The van der Waals surface area contributed by atoms with Gasteiger partial charge in [-0.05, 0) is 60.8 Å². The number of rotatable bonds is 4. The van der Waals surface area contributed by atoms with E-state index in [1.54, 1.807) is 48.5 Å². The zero-order chi connectivity index (χ0) is 21.0. The topological polar surface area (TPSA) is 54.3 Å². The predicted octanol–water partition coefficient (Wildman–Crippen LogP) is 7.09. The van der Waals surface area contributed by atoms with Gasteiger partial charge >= 0.3 is 0 Å². The minimum atomic E-state index is -0.429. The van der Waals surface area contributed by atoms with Crippen LogP contribution in [-0.2, 0) is 4.79 Å². The summed E-state index contributed by atoms with van der Waals surface area (Å²) in [6.45, 7) is 0. The normalized spacial score (nSPS) is 10.9. The van der Waals surface area contributed by atoms with E-state index in [-0.39, 0.29) is 5.11 Å². The first kappa shape index (κ1) is 21.7. The van der Waals surface area contributed by atoms with Gasteiger partial charge in [-0.1, -0.05) is 52.5 Å². The van der Waals surface area contributed by atoms with Crippen LogP contribution in [0.4, 0.5) is 5.69 Å². The van der Waals surface area contributed by atoms with E-state index in [9.17, 15) is 4.79 Å². The zero-order valence-corrected chi connectivity index (χ0v) is 18.4. The first-order chi connectivity index (χ1) is 13.8. The van der Waals surface area contributed by atoms with Crippen LogP contribution in [0.1, 0.15) is 5.76 Å². The molecule has 0 aliphatic rings. The fraction of sp³-hybridized carbons (Fsp3) is 0. The highest BCUT2D eigenvalue weighted by atomic mass is 35.5. The van der Waals surface area contributed by atoms with Gasteiger partial charge in [-0.2, -0.15) is 0 Å². The van der Waals surface area contributed by atoms with Crippen molar-refractivity contribution in [3.63, 3.8) is 0 Å². The number of furan rings is 1. The molecule has 29 heavy (non-hydrogen) atoms. The van der Waals surface area contributed by atoms with Gasteiger partial charge in [-0.3, -0.25) is 10.1 Å². The Morgan fingerprint density at radius 2 is 1.76 bits per heavy atom. The molecule has 0 atom stereocenters. The Morgan fingerprint density at radius 1 is 0.966 bits per heavy atom. The summed E-state index contributed by atoms with van der Waals surface area (Å²) in [6, 6.07) is 13.6. The number of nitrogens with one attached hydrogen (secondary N) is 2. The molecule has 0 unspecified atom stereocenters. The fourth-order valence-corrected chi connectivity index (χ4v) is 3.24. The molecule has 0 saturated heterocycles. The highest BCUT2D eigenvalue weighted by molar-refractivity contribution is 7.80. The molecule has 0 spiro atoms. The van der Waals surface area contributed by atoms with Crippen LogP contribution in [0.3, 0.4) is 0 Å². The minimum Gasteiger partial charge on any atom is -0.457 e. The van der Waals surface area contributed by atoms with Crippen LogP contribution in [0.5, 0.6) is 0 Å². The van der Waals surface area contributed by atoms with E-state index in [1.165, 1.54) is 12.2 Å². The Morgan fingerprint density at radius 3 is 2.52 bits per heavy atom. The SMILES string of the molecule is O=C(C=Cc1ccc(-c2cccc(Cl)c2Cl)o1)NC(=S)Nc1ccc(Cl)c(Cl)c1. The van der Waals surface area contributed by atoms with Crippen LogP contribution in [-0.4, -0.2) is 11.0 Å². The number of hydrogen-bond donors (Lipinski definition) is 2. The predicted molar refractivity (Wildman–Crippen MR) is 124 cm³/mol. The third kappa shape index (κ3) is 5.75. The summed E-state index contributed by atoms with van der Waals surface area (Å²) in [5.41, 5.74) is 1.26. The van der Waals surface area contributed by atoms with E-state index >= 15 is 0 Å². The lowest BCUT2D eigenvalue weighted by Crippen LogP contribution is -2.32. The summed E-state index contributed by atoms with van der Waals surface area (Å²) in [7, 11) is 0. The molecule has 2 N–H and O–H groups in total. The molecule has 0 saturated carbocycles. The van der Waals surface area contributed by atoms with Crippen molar-refractivity contribution in [3.05, 3.63) is 80.5 Å². The molecule has 1 aromatic heterocycles. The number of benzene rings is 2. The lowest BCUT2D eigenvalue weighted by atomic mass is 10.2. The molecule has 4 nitrogen and oxygen atoms in total. The molecule has 148 valence electrons. The van der Waals surface area contributed by atoms with Crippen LogP contribution in [0.15, 0.2) is 59.0 Å². The van der Waals surface area contributed by atoms with Crippen molar-refractivity contribution in [2.24, 2.45) is 0 Å². The maximum atomic E-state index is 12.1. The number of hydrogen-bond acceptors (Lipinski definition) is 3. The Labute approximate surface area is 192 Å². The number of halogens is 4. The third-order valence-electron chi connectivity index (χ3n) is 3.66. The molecule has 0 radical (unpaired) electrons. The molecule has 0 aliphatic heterocycles. The Bertz CT molecular complexity index is 1110. The van der Waals surface area contributed by atoms with E-state index < -0.39 is 5.91 Å². The lowest BCUT2D eigenvalue weighted by molar-refractivity contribution is -0.115. The second-order valence-corrected chi connectivity index (χ2v) is 7.72. The van der Waals surface area contributed by atoms with Crippen LogP contribution in [0, 0.1) is 0 Å². The summed E-state index contributed by atoms with van der Waals surface area (Å²) >= 11 is 29.1. The number of amides is 1. The van der Waals surface area contributed by atoms with E-state index in [1.807, 2.05) is 0 Å². The smallest absolute Gasteiger partial charge is 0.250 e. The standard InChI is InChI=1S/C20H12Cl4N2O2S/c21-14-7-4-11(10-16(14)23)25-20(29)26-18(27)9-6-12-5-8-17(28-12)13-2-1-3-15(22)19(13)24/h1-10H,(H2,25,26,27,29). The second kappa shape index (κ2) is 9.65. The van der Waals surface area contributed by atoms with Gasteiger partial charge in [-0.15, -0.1) is 0 Å². The largest absolute Gasteiger partial charge is 0.457 e. The summed E-state index contributed by atoms with van der Waals surface area (Å²) in [6.07, 6.45) is 2.81. The number of carbonyl (C=O) groups excluding carboxylic acids is 1. The molecule has 1 amide bonds. The number of thiocarbonyl (C=S) groups is 1. The van der Waals surface area contributed by atoms with Crippen molar-refractivity contribution >= 4 is 81.4 Å². The first-order valence-corrected chi connectivity index (χ1v) is 10.0. The van der Waals surface area contributed by atoms with Crippen molar-refractivity contribution < 1.29 is 9.21 Å². The number of carbonyl (C=O) groups is 1. The maximum Gasteiger partial charge on any atom is 0.250 e. The average molecular weight is 486 g/mol. The van der Waals surface area contributed by atoms with Gasteiger partial charge in [0.15, 0.2) is 5.11 Å².